The van der Waals surface area contributed by atoms with Crippen molar-refractivity contribution in [1.82, 2.24) is 4.98 Å². The Morgan fingerprint density at radius 1 is 1.04 bits per heavy atom. The molecule has 24 heavy (non-hydrogen) atoms. The van der Waals surface area contributed by atoms with Crippen LogP contribution < -0.4 is 11.5 Å². The van der Waals surface area contributed by atoms with E-state index in [0.717, 1.165) is 27.7 Å². The van der Waals surface area contributed by atoms with Gasteiger partial charge < -0.3 is 11.5 Å². The molecule has 0 saturated heterocycles. The lowest BCUT2D eigenvalue weighted by Crippen LogP contribution is -2.24. The van der Waals surface area contributed by atoms with Crippen molar-refractivity contribution >= 4 is 22.8 Å². The molecule has 0 aliphatic carbocycles. The van der Waals surface area contributed by atoms with Gasteiger partial charge in [0.25, 0.3) is 5.91 Å². The first kappa shape index (κ1) is 15.7. The number of hydrogen-bond acceptors (Lipinski definition) is 2. The van der Waals surface area contributed by atoms with Crippen molar-refractivity contribution < 1.29 is 4.79 Å². The molecule has 120 valence electrons. The molecule has 0 unspecified atom stereocenters. The number of carbonyl (C=O) groups is 1. The number of nitrogens with zero attached hydrogens (tertiary/aromatic N) is 2. The lowest BCUT2D eigenvalue weighted by molar-refractivity contribution is 0.100. The van der Waals surface area contributed by atoms with Gasteiger partial charge in [-0.3, -0.25) is 4.79 Å². The van der Waals surface area contributed by atoms with Crippen LogP contribution in [0.1, 0.15) is 22.8 Å². The van der Waals surface area contributed by atoms with Gasteiger partial charge in [-0.15, -0.1) is 0 Å². The topological polar surface area (TPSA) is 94.4 Å². The van der Waals surface area contributed by atoms with Crippen LogP contribution in [0.5, 0.6) is 0 Å². The van der Waals surface area contributed by atoms with Gasteiger partial charge in [0, 0.05) is 10.9 Å². The van der Waals surface area contributed by atoms with Gasteiger partial charge >= 0.3 is 0 Å². The standard InChI is InChI=1S/C19H18N4O/c1-2-13-16(18(24)23-19(20)21)14-10-6-7-11-15(14)22-17(13)12-8-4-3-5-9-12/h3-11H,2H2,1H3,(H4,20,21,23,24). The fourth-order valence-corrected chi connectivity index (χ4v) is 2.85. The van der Waals surface area contributed by atoms with Crippen LogP contribution in [-0.4, -0.2) is 16.9 Å². The van der Waals surface area contributed by atoms with Crippen molar-refractivity contribution in [3.05, 3.63) is 65.7 Å². The summed E-state index contributed by atoms with van der Waals surface area (Å²) in [6.07, 6.45) is 0.642. The van der Waals surface area contributed by atoms with E-state index in [9.17, 15) is 4.79 Å². The molecule has 5 heteroatoms. The molecule has 1 aromatic heterocycles. The number of pyridine rings is 1. The average Bonchev–Trinajstić information content (AvgIpc) is 2.60. The van der Waals surface area contributed by atoms with E-state index in [-0.39, 0.29) is 5.96 Å². The van der Waals surface area contributed by atoms with Gasteiger partial charge in [-0.1, -0.05) is 55.5 Å². The number of rotatable bonds is 3. The maximum Gasteiger partial charge on any atom is 0.281 e. The Hall–Kier alpha value is -3.21. The van der Waals surface area contributed by atoms with E-state index in [0.29, 0.717) is 12.0 Å². The SMILES string of the molecule is CCc1c(-c2ccccc2)nc2ccccc2c1C(=O)N=C(N)N. The molecule has 4 N–H and O–H groups in total. The zero-order valence-corrected chi connectivity index (χ0v) is 13.4. The molecular weight excluding hydrogens is 300 g/mol. The second kappa shape index (κ2) is 6.50. The average molecular weight is 318 g/mol. The van der Waals surface area contributed by atoms with E-state index >= 15 is 0 Å². The van der Waals surface area contributed by atoms with Crippen LogP contribution in [0.15, 0.2) is 59.6 Å². The summed E-state index contributed by atoms with van der Waals surface area (Å²) in [6.45, 7) is 1.99. The molecule has 1 amide bonds. The van der Waals surface area contributed by atoms with E-state index in [4.69, 9.17) is 16.5 Å². The number of aromatic nitrogens is 1. The number of fused-ring (bicyclic) bond motifs is 1. The molecule has 3 aromatic rings. The van der Waals surface area contributed by atoms with Gasteiger partial charge in [0.15, 0.2) is 5.96 Å². The summed E-state index contributed by atoms with van der Waals surface area (Å²) in [4.78, 5) is 21.2. The van der Waals surface area contributed by atoms with Crippen LogP contribution in [0.25, 0.3) is 22.2 Å². The van der Waals surface area contributed by atoms with Crippen LogP contribution in [-0.2, 0) is 6.42 Å². The fraction of sp³-hybridized carbons (Fsp3) is 0.105. The highest BCUT2D eigenvalue weighted by atomic mass is 16.1. The highest BCUT2D eigenvalue weighted by Crippen LogP contribution is 2.31. The predicted molar refractivity (Wildman–Crippen MR) is 96.7 cm³/mol. The van der Waals surface area contributed by atoms with Crippen molar-refractivity contribution in [3.63, 3.8) is 0 Å². The Labute approximate surface area is 140 Å². The normalized spacial score (nSPS) is 10.5. The minimum atomic E-state index is -0.442. The summed E-state index contributed by atoms with van der Waals surface area (Å²) >= 11 is 0. The van der Waals surface area contributed by atoms with Crippen molar-refractivity contribution in [2.24, 2.45) is 16.5 Å². The molecular formula is C19H18N4O. The Bertz CT molecular complexity index is 929. The van der Waals surface area contributed by atoms with Gasteiger partial charge in [-0.2, -0.15) is 4.99 Å². The van der Waals surface area contributed by atoms with E-state index in [1.807, 2.05) is 61.5 Å². The van der Waals surface area contributed by atoms with Gasteiger partial charge in [0.1, 0.15) is 0 Å². The third kappa shape index (κ3) is 2.84. The van der Waals surface area contributed by atoms with E-state index in [1.165, 1.54) is 0 Å². The number of nitrogens with two attached hydrogens (primary N) is 2. The fourth-order valence-electron chi connectivity index (χ4n) is 2.85. The molecule has 2 aromatic carbocycles. The molecule has 3 rings (SSSR count). The number of amides is 1. The molecule has 0 aliphatic rings. The largest absolute Gasteiger partial charge is 0.370 e. The molecule has 1 heterocycles. The first-order valence-electron chi connectivity index (χ1n) is 7.72. The Morgan fingerprint density at radius 2 is 1.71 bits per heavy atom. The van der Waals surface area contributed by atoms with E-state index in [1.54, 1.807) is 0 Å². The van der Waals surface area contributed by atoms with Gasteiger partial charge in [-0.25, -0.2) is 4.98 Å². The Kier molecular flexibility index (Phi) is 4.24. The van der Waals surface area contributed by atoms with Crippen molar-refractivity contribution in [3.8, 4) is 11.3 Å². The van der Waals surface area contributed by atoms with Gasteiger partial charge in [-0.05, 0) is 18.1 Å². The van der Waals surface area contributed by atoms with Crippen molar-refractivity contribution in [2.75, 3.05) is 0 Å². The summed E-state index contributed by atoms with van der Waals surface area (Å²) in [5, 5.41) is 0.754. The van der Waals surface area contributed by atoms with Crippen LogP contribution in [0, 0.1) is 0 Å². The lowest BCUT2D eigenvalue weighted by Gasteiger charge is -2.14. The van der Waals surface area contributed by atoms with Gasteiger partial charge in [0.2, 0.25) is 0 Å². The third-order valence-electron chi connectivity index (χ3n) is 3.84. The summed E-state index contributed by atoms with van der Waals surface area (Å²) in [7, 11) is 0. The number of carbonyl (C=O) groups excluding carboxylic acids is 1. The third-order valence-corrected chi connectivity index (χ3v) is 3.84. The molecule has 0 saturated carbocycles. The summed E-state index contributed by atoms with van der Waals surface area (Å²) in [5.74, 6) is -0.688. The maximum atomic E-state index is 12.7. The molecule has 0 radical (unpaired) electrons. The van der Waals surface area contributed by atoms with Crippen molar-refractivity contribution in [1.29, 1.82) is 0 Å². The monoisotopic (exact) mass is 318 g/mol. The minimum Gasteiger partial charge on any atom is -0.370 e. The van der Waals surface area contributed by atoms with E-state index in [2.05, 4.69) is 4.99 Å². The van der Waals surface area contributed by atoms with Crippen LogP contribution in [0.3, 0.4) is 0 Å². The zero-order valence-electron chi connectivity index (χ0n) is 13.4. The molecule has 0 atom stereocenters. The summed E-state index contributed by atoms with van der Waals surface area (Å²) < 4.78 is 0. The number of hydrogen-bond donors (Lipinski definition) is 2. The summed E-state index contributed by atoms with van der Waals surface area (Å²) in [5.41, 5.74) is 14.6. The highest BCUT2D eigenvalue weighted by molar-refractivity contribution is 6.12. The molecule has 0 fully saturated rings. The quantitative estimate of drug-likeness (QED) is 0.573. The first-order valence-corrected chi connectivity index (χ1v) is 7.72. The van der Waals surface area contributed by atoms with Crippen LogP contribution >= 0.6 is 0 Å². The second-order valence-electron chi connectivity index (χ2n) is 5.39. The van der Waals surface area contributed by atoms with Crippen LogP contribution in [0.4, 0.5) is 0 Å². The smallest absolute Gasteiger partial charge is 0.281 e. The Morgan fingerprint density at radius 3 is 2.38 bits per heavy atom. The zero-order chi connectivity index (χ0) is 17.1. The number of benzene rings is 2. The highest BCUT2D eigenvalue weighted by Gasteiger charge is 2.20. The molecule has 0 bridgehead atoms. The van der Waals surface area contributed by atoms with Gasteiger partial charge in [0.05, 0.1) is 16.8 Å². The first-order chi connectivity index (χ1) is 11.6. The number of guanidine groups is 1. The van der Waals surface area contributed by atoms with E-state index < -0.39 is 5.91 Å². The maximum absolute atomic E-state index is 12.7. The number of aliphatic imine (C=N–C) groups is 1. The Balaban J connectivity index is 2.39. The lowest BCUT2D eigenvalue weighted by atomic mass is 9.94. The second-order valence-corrected chi connectivity index (χ2v) is 5.39. The minimum absolute atomic E-state index is 0.246. The molecule has 0 aliphatic heterocycles. The predicted octanol–water partition coefficient (Wildman–Crippen LogP) is 2.88. The summed E-state index contributed by atoms with van der Waals surface area (Å²) in [6, 6.07) is 17.3. The van der Waals surface area contributed by atoms with Crippen LogP contribution in [0.2, 0.25) is 0 Å². The molecule has 5 nitrogen and oxygen atoms in total. The molecule has 0 spiro atoms. The van der Waals surface area contributed by atoms with Crippen molar-refractivity contribution in [2.45, 2.75) is 13.3 Å². The number of para-hydroxylation sites is 1.